The molecule has 1 amide bonds. The monoisotopic (exact) mass is 332 g/mol. The number of fused-ring (bicyclic) bond motifs is 1. The first kappa shape index (κ1) is 17.4. The van der Waals surface area contributed by atoms with Crippen molar-refractivity contribution in [2.24, 2.45) is 0 Å². The van der Waals surface area contributed by atoms with Crippen LogP contribution in [-0.4, -0.2) is 49.3 Å². The molecule has 1 aromatic rings. The summed E-state index contributed by atoms with van der Waals surface area (Å²) < 4.78 is 11.2. The van der Waals surface area contributed by atoms with E-state index in [0.29, 0.717) is 31.8 Å². The van der Waals surface area contributed by atoms with Gasteiger partial charge in [0, 0.05) is 25.7 Å². The van der Waals surface area contributed by atoms with E-state index in [1.807, 2.05) is 6.92 Å². The third-order valence-electron chi connectivity index (χ3n) is 4.93. The third-order valence-corrected chi connectivity index (χ3v) is 4.93. The van der Waals surface area contributed by atoms with E-state index in [-0.39, 0.29) is 5.91 Å². The molecule has 1 saturated heterocycles. The van der Waals surface area contributed by atoms with Crippen molar-refractivity contribution in [2.75, 3.05) is 26.3 Å². The lowest BCUT2D eigenvalue weighted by molar-refractivity contribution is -0.126. The molecule has 1 N–H and O–H groups in total. The highest BCUT2D eigenvalue weighted by Crippen LogP contribution is 2.29. The Labute approximate surface area is 144 Å². The molecule has 2 aliphatic rings. The van der Waals surface area contributed by atoms with E-state index in [1.165, 1.54) is 6.42 Å². The van der Waals surface area contributed by atoms with Gasteiger partial charge in [0.2, 0.25) is 5.91 Å². The molecule has 0 spiro atoms. The van der Waals surface area contributed by atoms with Crippen LogP contribution in [0.15, 0.2) is 24.3 Å². The van der Waals surface area contributed by atoms with Crippen molar-refractivity contribution in [2.45, 2.75) is 51.5 Å². The molecule has 24 heavy (non-hydrogen) atoms. The summed E-state index contributed by atoms with van der Waals surface area (Å²) in [5, 5.41) is 3.04. The minimum absolute atomic E-state index is 0.0981. The topological polar surface area (TPSA) is 50.8 Å². The summed E-state index contributed by atoms with van der Waals surface area (Å²) >= 11 is 0. The highest BCUT2D eigenvalue weighted by molar-refractivity contribution is 5.78. The maximum Gasteiger partial charge on any atom is 0.234 e. The number of rotatable bonds is 7. The van der Waals surface area contributed by atoms with Gasteiger partial charge in [-0.3, -0.25) is 9.69 Å². The Morgan fingerprint density at radius 2 is 2.08 bits per heavy atom. The summed E-state index contributed by atoms with van der Waals surface area (Å²) in [6, 6.07) is 8.65. The van der Waals surface area contributed by atoms with Gasteiger partial charge in [0.15, 0.2) is 0 Å². The fourth-order valence-corrected chi connectivity index (χ4v) is 3.62. The van der Waals surface area contributed by atoms with E-state index in [2.05, 4.69) is 34.5 Å². The fraction of sp³-hybridized carbons (Fsp3) is 0.632. The van der Waals surface area contributed by atoms with Gasteiger partial charge in [0.1, 0.15) is 0 Å². The summed E-state index contributed by atoms with van der Waals surface area (Å²) in [6.07, 6.45) is 3.84. The number of carbonyl (C=O) groups excluding carboxylic acids is 1. The number of hydrogen-bond acceptors (Lipinski definition) is 4. The smallest absolute Gasteiger partial charge is 0.234 e. The standard InChI is InChI=1S/C19H28N2O3/c1-2-23-14-16-8-6-15(7-9-16)12-20-19(22)13-21-10-11-24-18-5-3-4-17(18)21/h6-9,17-18H,2-5,10-14H2,1H3,(H,20,22)/t17-,18-/m1/s1. The van der Waals surface area contributed by atoms with Gasteiger partial charge >= 0.3 is 0 Å². The molecule has 0 radical (unpaired) electrons. The van der Waals surface area contributed by atoms with Crippen molar-refractivity contribution in [1.29, 1.82) is 0 Å². The zero-order valence-corrected chi connectivity index (χ0v) is 14.5. The first-order valence-corrected chi connectivity index (χ1v) is 9.04. The molecule has 2 atom stereocenters. The number of carbonyl (C=O) groups is 1. The molecule has 1 saturated carbocycles. The Morgan fingerprint density at radius 3 is 2.88 bits per heavy atom. The van der Waals surface area contributed by atoms with Gasteiger partial charge in [-0.2, -0.15) is 0 Å². The summed E-state index contributed by atoms with van der Waals surface area (Å²) in [6.45, 7) is 6.02. The van der Waals surface area contributed by atoms with Crippen molar-refractivity contribution < 1.29 is 14.3 Å². The predicted octanol–water partition coefficient (Wildman–Crippen LogP) is 2.09. The van der Waals surface area contributed by atoms with Gasteiger partial charge in [-0.1, -0.05) is 24.3 Å². The zero-order valence-electron chi connectivity index (χ0n) is 14.5. The van der Waals surface area contributed by atoms with Crippen LogP contribution in [-0.2, 0) is 27.4 Å². The number of morpholine rings is 1. The lowest BCUT2D eigenvalue weighted by Gasteiger charge is -2.37. The molecule has 2 fully saturated rings. The van der Waals surface area contributed by atoms with Gasteiger partial charge in [0.25, 0.3) is 0 Å². The van der Waals surface area contributed by atoms with Crippen molar-refractivity contribution >= 4 is 5.91 Å². The van der Waals surface area contributed by atoms with Crippen molar-refractivity contribution in [3.8, 4) is 0 Å². The average Bonchev–Trinajstić information content (AvgIpc) is 3.09. The van der Waals surface area contributed by atoms with Crippen LogP contribution in [0.25, 0.3) is 0 Å². The van der Waals surface area contributed by atoms with Gasteiger partial charge in [0.05, 0.1) is 25.9 Å². The molecule has 1 aliphatic heterocycles. The zero-order chi connectivity index (χ0) is 16.8. The summed E-state index contributed by atoms with van der Waals surface area (Å²) in [7, 11) is 0. The van der Waals surface area contributed by atoms with Crippen molar-refractivity contribution in [3.63, 3.8) is 0 Å². The molecular formula is C19H28N2O3. The molecule has 0 bridgehead atoms. The highest BCUT2D eigenvalue weighted by Gasteiger charge is 2.36. The maximum atomic E-state index is 12.3. The second kappa shape index (κ2) is 8.60. The largest absolute Gasteiger partial charge is 0.377 e. The Morgan fingerprint density at radius 1 is 1.29 bits per heavy atom. The third kappa shape index (κ3) is 4.56. The number of benzene rings is 1. The molecule has 3 rings (SSSR count). The SMILES string of the molecule is CCOCc1ccc(CNC(=O)CN2CCO[C@@H]3CCC[C@H]32)cc1. The first-order chi connectivity index (χ1) is 11.8. The van der Waals surface area contributed by atoms with E-state index in [4.69, 9.17) is 9.47 Å². The van der Waals surface area contributed by atoms with Crippen LogP contribution in [0.5, 0.6) is 0 Å². The average molecular weight is 332 g/mol. The quantitative estimate of drug-likeness (QED) is 0.831. The summed E-state index contributed by atoms with van der Waals surface area (Å²) in [4.78, 5) is 14.6. The minimum Gasteiger partial charge on any atom is -0.377 e. The lowest BCUT2D eigenvalue weighted by Crippen LogP contribution is -2.51. The second-order valence-electron chi connectivity index (χ2n) is 6.61. The number of amides is 1. The Hall–Kier alpha value is -1.43. The minimum atomic E-state index is 0.0981. The van der Waals surface area contributed by atoms with Crippen LogP contribution >= 0.6 is 0 Å². The molecular weight excluding hydrogens is 304 g/mol. The first-order valence-electron chi connectivity index (χ1n) is 9.04. The molecule has 5 heteroatoms. The molecule has 132 valence electrons. The maximum absolute atomic E-state index is 12.3. The number of nitrogens with one attached hydrogen (secondary N) is 1. The van der Waals surface area contributed by atoms with Crippen LogP contribution in [0, 0.1) is 0 Å². The van der Waals surface area contributed by atoms with Crippen LogP contribution < -0.4 is 5.32 Å². The Kier molecular flexibility index (Phi) is 6.24. The Bertz CT molecular complexity index is 532. The van der Waals surface area contributed by atoms with Crippen molar-refractivity contribution in [1.82, 2.24) is 10.2 Å². The molecule has 1 aliphatic carbocycles. The highest BCUT2D eigenvalue weighted by atomic mass is 16.5. The number of ether oxygens (including phenoxy) is 2. The van der Waals surface area contributed by atoms with Gasteiger partial charge < -0.3 is 14.8 Å². The van der Waals surface area contributed by atoms with Crippen LogP contribution in [0.3, 0.4) is 0 Å². The van der Waals surface area contributed by atoms with Crippen molar-refractivity contribution in [3.05, 3.63) is 35.4 Å². The van der Waals surface area contributed by atoms with E-state index in [9.17, 15) is 4.79 Å². The molecule has 1 aromatic carbocycles. The molecule has 1 heterocycles. The normalized spacial score (nSPS) is 23.9. The van der Waals surface area contributed by atoms with Crippen LogP contribution in [0.1, 0.15) is 37.3 Å². The van der Waals surface area contributed by atoms with Gasteiger partial charge in [-0.25, -0.2) is 0 Å². The van der Waals surface area contributed by atoms with E-state index in [0.717, 1.165) is 43.7 Å². The Balaban J connectivity index is 1.43. The number of hydrogen-bond donors (Lipinski definition) is 1. The van der Waals surface area contributed by atoms with E-state index < -0.39 is 0 Å². The summed E-state index contributed by atoms with van der Waals surface area (Å²) in [5.41, 5.74) is 2.27. The lowest BCUT2D eigenvalue weighted by atomic mass is 10.1. The van der Waals surface area contributed by atoms with Gasteiger partial charge in [-0.05, 0) is 37.3 Å². The predicted molar refractivity (Wildman–Crippen MR) is 92.6 cm³/mol. The van der Waals surface area contributed by atoms with Crippen LogP contribution in [0.2, 0.25) is 0 Å². The van der Waals surface area contributed by atoms with E-state index in [1.54, 1.807) is 0 Å². The molecule has 0 unspecified atom stereocenters. The van der Waals surface area contributed by atoms with Gasteiger partial charge in [-0.15, -0.1) is 0 Å². The van der Waals surface area contributed by atoms with E-state index >= 15 is 0 Å². The molecule has 0 aromatic heterocycles. The molecule has 5 nitrogen and oxygen atoms in total. The fourth-order valence-electron chi connectivity index (χ4n) is 3.62. The summed E-state index contributed by atoms with van der Waals surface area (Å²) in [5.74, 6) is 0.0981. The van der Waals surface area contributed by atoms with Crippen LogP contribution in [0.4, 0.5) is 0 Å². The second-order valence-corrected chi connectivity index (χ2v) is 6.61. The number of nitrogens with zero attached hydrogens (tertiary/aromatic N) is 1.